The largest absolute Gasteiger partial charge is 0.463 e. The zero-order valence-corrected chi connectivity index (χ0v) is 10.7. The Labute approximate surface area is 111 Å². The maximum Gasteiger partial charge on any atom is 0.249 e. The second kappa shape index (κ2) is 8.87. The molecule has 0 atom stereocenters. The topological polar surface area (TPSA) is 92.9 Å². The number of rotatable bonds is 8. The number of furan rings is 1. The molecule has 0 radical (unpaired) electrons. The van der Waals surface area contributed by atoms with Crippen LogP contribution in [0.3, 0.4) is 0 Å². The highest BCUT2D eigenvalue weighted by molar-refractivity contribution is 5.97. The van der Waals surface area contributed by atoms with Crippen molar-refractivity contribution in [1.82, 2.24) is 10.7 Å². The molecule has 0 saturated carbocycles. The third kappa shape index (κ3) is 6.99. The SMILES string of the molecule is COCCCNC(=O)CC(=O)N/N=C\c1ccco1. The monoisotopic (exact) mass is 267 g/mol. The third-order valence-electron chi connectivity index (χ3n) is 2.09. The van der Waals surface area contributed by atoms with Gasteiger partial charge in [0.2, 0.25) is 11.8 Å². The Bertz CT molecular complexity index is 415. The summed E-state index contributed by atoms with van der Waals surface area (Å²) in [5, 5.41) is 6.26. The predicted molar refractivity (Wildman–Crippen MR) is 68.6 cm³/mol. The third-order valence-corrected chi connectivity index (χ3v) is 2.09. The molecule has 0 aromatic carbocycles. The van der Waals surface area contributed by atoms with Crippen molar-refractivity contribution < 1.29 is 18.7 Å². The minimum absolute atomic E-state index is 0.261. The van der Waals surface area contributed by atoms with Crippen LogP contribution in [0.15, 0.2) is 27.9 Å². The van der Waals surface area contributed by atoms with Gasteiger partial charge in [0.15, 0.2) is 0 Å². The molecule has 7 heteroatoms. The minimum atomic E-state index is -0.480. The van der Waals surface area contributed by atoms with Crippen molar-refractivity contribution in [3.8, 4) is 0 Å². The highest BCUT2D eigenvalue weighted by Crippen LogP contribution is 1.94. The van der Waals surface area contributed by atoms with Crippen molar-refractivity contribution in [2.24, 2.45) is 5.10 Å². The summed E-state index contributed by atoms with van der Waals surface area (Å²) in [6, 6.07) is 3.40. The quantitative estimate of drug-likeness (QED) is 0.306. The highest BCUT2D eigenvalue weighted by Gasteiger charge is 2.07. The average molecular weight is 267 g/mol. The van der Waals surface area contributed by atoms with Gasteiger partial charge in [-0.1, -0.05) is 0 Å². The Morgan fingerprint density at radius 3 is 3.00 bits per heavy atom. The molecule has 0 saturated heterocycles. The van der Waals surface area contributed by atoms with E-state index in [1.165, 1.54) is 12.5 Å². The molecule has 1 aromatic rings. The fraction of sp³-hybridized carbons (Fsp3) is 0.417. The average Bonchev–Trinajstić information content (AvgIpc) is 2.88. The van der Waals surface area contributed by atoms with Crippen LogP contribution in [0.2, 0.25) is 0 Å². The minimum Gasteiger partial charge on any atom is -0.463 e. The first-order chi connectivity index (χ1) is 9.22. The number of nitrogens with zero attached hydrogens (tertiary/aromatic N) is 1. The lowest BCUT2D eigenvalue weighted by Crippen LogP contribution is -2.30. The summed E-state index contributed by atoms with van der Waals surface area (Å²) in [7, 11) is 1.59. The van der Waals surface area contributed by atoms with Gasteiger partial charge in [-0.3, -0.25) is 9.59 Å². The number of nitrogens with one attached hydrogen (secondary N) is 2. The van der Waals surface area contributed by atoms with E-state index in [1.807, 2.05) is 0 Å². The van der Waals surface area contributed by atoms with Crippen LogP contribution in [-0.2, 0) is 14.3 Å². The molecule has 0 aliphatic heterocycles. The number of methoxy groups -OCH3 is 1. The van der Waals surface area contributed by atoms with Crippen LogP contribution in [0, 0.1) is 0 Å². The maximum absolute atomic E-state index is 11.3. The van der Waals surface area contributed by atoms with E-state index in [-0.39, 0.29) is 12.3 Å². The van der Waals surface area contributed by atoms with Crippen molar-refractivity contribution in [3.05, 3.63) is 24.2 Å². The molecule has 2 N–H and O–H groups in total. The summed E-state index contributed by atoms with van der Waals surface area (Å²) >= 11 is 0. The van der Waals surface area contributed by atoms with E-state index in [4.69, 9.17) is 9.15 Å². The van der Waals surface area contributed by atoms with Crippen LogP contribution in [0.1, 0.15) is 18.6 Å². The molecule has 0 bridgehead atoms. The van der Waals surface area contributed by atoms with Crippen LogP contribution in [0.25, 0.3) is 0 Å². The first kappa shape index (κ1) is 14.9. The Balaban J connectivity index is 2.14. The Morgan fingerprint density at radius 1 is 1.47 bits per heavy atom. The van der Waals surface area contributed by atoms with Crippen molar-refractivity contribution >= 4 is 18.0 Å². The van der Waals surface area contributed by atoms with Crippen molar-refractivity contribution in [3.63, 3.8) is 0 Å². The van der Waals surface area contributed by atoms with Gasteiger partial charge < -0.3 is 14.5 Å². The lowest BCUT2D eigenvalue weighted by molar-refractivity contribution is -0.129. The van der Waals surface area contributed by atoms with Crippen LogP contribution in [0.4, 0.5) is 0 Å². The van der Waals surface area contributed by atoms with E-state index in [0.717, 1.165) is 0 Å². The van der Waals surface area contributed by atoms with Crippen molar-refractivity contribution in [2.45, 2.75) is 12.8 Å². The number of carbonyl (C=O) groups is 2. The van der Waals surface area contributed by atoms with Crippen LogP contribution in [0.5, 0.6) is 0 Å². The van der Waals surface area contributed by atoms with Crippen molar-refractivity contribution in [1.29, 1.82) is 0 Å². The molecule has 19 heavy (non-hydrogen) atoms. The van der Waals surface area contributed by atoms with Gasteiger partial charge in [0.05, 0.1) is 12.5 Å². The van der Waals surface area contributed by atoms with Gasteiger partial charge in [-0.2, -0.15) is 5.10 Å². The summed E-state index contributed by atoms with van der Waals surface area (Å²) in [6.07, 6.45) is 3.30. The zero-order valence-electron chi connectivity index (χ0n) is 10.7. The summed E-state index contributed by atoms with van der Waals surface area (Å²) < 4.78 is 9.82. The van der Waals surface area contributed by atoms with Gasteiger partial charge in [-0.15, -0.1) is 0 Å². The summed E-state index contributed by atoms with van der Waals surface area (Å²) in [4.78, 5) is 22.7. The molecule has 0 spiro atoms. The van der Waals surface area contributed by atoms with Gasteiger partial charge in [0.1, 0.15) is 12.2 Å². The first-order valence-corrected chi connectivity index (χ1v) is 5.83. The summed E-state index contributed by atoms with van der Waals surface area (Å²) in [5.41, 5.74) is 2.24. The molecule has 0 aliphatic rings. The van der Waals surface area contributed by atoms with Gasteiger partial charge in [0.25, 0.3) is 0 Å². The molecule has 2 amide bonds. The number of ether oxygens (including phenoxy) is 1. The Morgan fingerprint density at radius 2 is 2.32 bits per heavy atom. The lowest BCUT2D eigenvalue weighted by Gasteiger charge is -2.03. The Hall–Kier alpha value is -2.15. The van der Waals surface area contributed by atoms with E-state index in [1.54, 1.807) is 19.2 Å². The fourth-order valence-corrected chi connectivity index (χ4v) is 1.22. The standard InChI is InChI=1S/C12H17N3O4/c1-18-6-3-5-13-11(16)8-12(17)15-14-9-10-4-2-7-19-10/h2,4,7,9H,3,5-6,8H2,1H3,(H,13,16)(H,15,17)/b14-9-. The lowest BCUT2D eigenvalue weighted by atomic mass is 10.3. The molecule has 0 aliphatic carbocycles. The number of amides is 2. The van der Waals surface area contributed by atoms with Gasteiger partial charge >= 0.3 is 0 Å². The maximum atomic E-state index is 11.3. The van der Waals surface area contributed by atoms with Crippen LogP contribution >= 0.6 is 0 Å². The summed E-state index contributed by atoms with van der Waals surface area (Å²) in [6.45, 7) is 1.05. The molecule has 104 valence electrons. The van der Waals surface area contributed by atoms with Gasteiger partial charge in [-0.05, 0) is 18.6 Å². The fourth-order valence-electron chi connectivity index (χ4n) is 1.22. The highest BCUT2D eigenvalue weighted by atomic mass is 16.5. The second-order valence-corrected chi connectivity index (χ2v) is 3.68. The number of carbonyl (C=O) groups excluding carboxylic acids is 2. The van der Waals surface area contributed by atoms with Gasteiger partial charge in [-0.25, -0.2) is 5.43 Å². The Kier molecular flexibility index (Phi) is 6.96. The molecule has 0 unspecified atom stereocenters. The smallest absolute Gasteiger partial charge is 0.249 e. The number of hydrazone groups is 1. The number of hydrogen-bond donors (Lipinski definition) is 2. The van der Waals surface area contributed by atoms with E-state index in [2.05, 4.69) is 15.8 Å². The molecule has 1 rings (SSSR count). The molecular formula is C12H17N3O4. The normalized spacial score (nSPS) is 10.6. The first-order valence-electron chi connectivity index (χ1n) is 5.83. The second-order valence-electron chi connectivity index (χ2n) is 3.68. The van der Waals surface area contributed by atoms with E-state index in [9.17, 15) is 9.59 Å². The van der Waals surface area contributed by atoms with E-state index >= 15 is 0 Å². The molecule has 7 nitrogen and oxygen atoms in total. The van der Waals surface area contributed by atoms with E-state index < -0.39 is 5.91 Å². The molecule has 0 fully saturated rings. The summed E-state index contributed by atoms with van der Waals surface area (Å²) in [5.74, 6) is -0.307. The van der Waals surface area contributed by atoms with E-state index in [0.29, 0.717) is 25.3 Å². The number of hydrogen-bond acceptors (Lipinski definition) is 5. The molecule has 1 aromatic heterocycles. The van der Waals surface area contributed by atoms with Crippen molar-refractivity contribution in [2.75, 3.05) is 20.3 Å². The zero-order chi connectivity index (χ0) is 13.9. The molecule has 1 heterocycles. The molecular weight excluding hydrogens is 250 g/mol. The van der Waals surface area contributed by atoms with Crippen LogP contribution < -0.4 is 10.7 Å². The van der Waals surface area contributed by atoms with Crippen LogP contribution in [-0.4, -0.2) is 38.3 Å². The van der Waals surface area contributed by atoms with Gasteiger partial charge in [0, 0.05) is 20.3 Å². The predicted octanol–water partition coefficient (Wildman–Crippen LogP) is 0.273.